The highest BCUT2D eigenvalue weighted by atomic mass is 16.5. The summed E-state index contributed by atoms with van der Waals surface area (Å²) in [5.41, 5.74) is 2.60. The van der Waals surface area contributed by atoms with Crippen LogP contribution in [0.15, 0.2) is 30.5 Å². The molecule has 0 aliphatic carbocycles. The molecule has 6 heteroatoms. The third-order valence-electron chi connectivity index (χ3n) is 6.64. The summed E-state index contributed by atoms with van der Waals surface area (Å²) >= 11 is 0. The first-order valence-electron chi connectivity index (χ1n) is 10.1. The number of fused-ring (bicyclic) bond motifs is 1. The maximum Gasteiger partial charge on any atom is 0.234 e. The molecule has 1 aromatic heterocycles. The molecule has 5 rings (SSSR count). The van der Waals surface area contributed by atoms with Crippen LogP contribution in [0, 0.1) is 0 Å². The fourth-order valence-electron chi connectivity index (χ4n) is 5.06. The highest BCUT2D eigenvalue weighted by Crippen LogP contribution is 2.33. The van der Waals surface area contributed by atoms with Gasteiger partial charge in [0.15, 0.2) is 0 Å². The molecule has 0 saturated carbocycles. The average molecular weight is 368 g/mol. The molecule has 0 bridgehead atoms. The van der Waals surface area contributed by atoms with Crippen LogP contribution in [0.1, 0.15) is 24.8 Å². The van der Waals surface area contributed by atoms with Crippen LogP contribution in [-0.4, -0.2) is 71.7 Å². The second-order valence-electron chi connectivity index (χ2n) is 8.34. The second-order valence-corrected chi connectivity index (χ2v) is 8.34. The minimum atomic E-state index is 0.0272. The number of carbonyl (C=O) groups excluding carboxylic acids is 1. The number of ether oxygens (including phenoxy) is 1. The summed E-state index contributed by atoms with van der Waals surface area (Å²) in [7, 11) is 0. The van der Waals surface area contributed by atoms with Crippen molar-refractivity contribution in [1.82, 2.24) is 20.1 Å². The predicted octanol–water partition coefficient (Wildman–Crippen LogP) is 1.72. The van der Waals surface area contributed by atoms with Crippen molar-refractivity contribution in [2.45, 2.75) is 37.4 Å². The Balaban J connectivity index is 1.23. The Morgan fingerprint density at radius 1 is 1.22 bits per heavy atom. The molecule has 1 unspecified atom stereocenters. The van der Waals surface area contributed by atoms with E-state index in [1.54, 1.807) is 0 Å². The molecular weight excluding hydrogens is 340 g/mol. The molecule has 4 heterocycles. The smallest absolute Gasteiger partial charge is 0.234 e. The number of piperazine rings is 1. The topological polar surface area (TPSA) is 60.6 Å². The van der Waals surface area contributed by atoms with Crippen molar-refractivity contribution >= 4 is 16.8 Å². The van der Waals surface area contributed by atoms with Crippen LogP contribution in [0.2, 0.25) is 0 Å². The van der Waals surface area contributed by atoms with Crippen molar-refractivity contribution in [3.8, 4) is 0 Å². The summed E-state index contributed by atoms with van der Waals surface area (Å²) in [6, 6.07) is 9.30. The number of carbonyl (C=O) groups is 1. The van der Waals surface area contributed by atoms with Crippen LogP contribution in [0.25, 0.3) is 10.9 Å². The van der Waals surface area contributed by atoms with E-state index in [1.807, 2.05) is 6.20 Å². The molecule has 1 atom stereocenters. The normalized spacial score (nSPS) is 28.2. The molecule has 0 radical (unpaired) electrons. The second kappa shape index (κ2) is 6.93. The lowest BCUT2D eigenvalue weighted by molar-refractivity contribution is -0.131. The third kappa shape index (κ3) is 3.26. The van der Waals surface area contributed by atoms with E-state index in [1.165, 1.54) is 16.5 Å². The number of benzene rings is 1. The van der Waals surface area contributed by atoms with Crippen LogP contribution >= 0.6 is 0 Å². The van der Waals surface area contributed by atoms with E-state index in [9.17, 15) is 4.79 Å². The van der Waals surface area contributed by atoms with Gasteiger partial charge in [-0.1, -0.05) is 12.1 Å². The van der Waals surface area contributed by atoms with Crippen LogP contribution in [0.5, 0.6) is 0 Å². The number of hydrogen-bond donors (Lipinski definition) is 2. The molecule has 1 aromatic carbocycles. The molecule has 2 aromatic rings. The van der Waals surface area contributed by atoms with Gasteiger partial charge in [-0.3, -0.25) is 14.6 Å². The number of nitrogens with zero attached hydrogens (tertiary/aromatic N) is 2. The van der Waals surface area contributed by atoms with Gasteiger partial charge in [-0.05, 0) is 55.4 Å². The summed E-state index contributed by atoms with van der Waals surface area (Å²) in [5, 5.41) is 4.33. The van der Waals surface area contributed by atoms with E-state index < -0.39 is 0 Å². The number of nitrogens with one attached hydrogen (secondary N) is 2. The summed E-state index contributed by atoms with van der Waals surface area (Å²) in [6.07, 6.45) is 5.28. The number of hydrogen-bond acceptors (Lipinski definition) is 4. The van der Waals surface area contributed by atoms with Crippen LogP contribution in [-0.2, 0) is 16.1 Å². The number of likely N-dealkylation sites (tertiary alicyclic amines) is 1. The van der Waals surface area contributed by atoms with Gasteiger partial charge in [0.25, 0.3) is 0 Å². The zero-order valence-electron chi connectivity index (χ0n) is 15.7. The highest BCUT2D eigenvalue weighted by molar-refractivity contribution is 5.80. The molecule has 1 spiro atoms. The van der Waals surface area contributed by atoms with Gasteiger partial charge in [0, 0.05) is 37.5 Å². The summed E-state index contributed by atoms with van der Waals surface area (Å²) < 4.78 is 5.72. The van der Waals surface area contributed by atoms with Gasteiger partial charge in [-0.2, -0.15) is 0 Å². The minimum absolute atomic E-state index is 0.0272. The first-order valence-corrected chi connectivity index (χ1v) is 10.1. The Labute approximate surface area is 159 Å². The minimum Gasteiger partial charge on any atom is -0.379 e. The molecule has 3 saturated heterocycles. The molecule has 3 aliphatic heterocycles. The van der Waals surface area contributed by atoms with Gasteiger partial charge >= 0.3 is 0 Å². The fraction of sp³-hybridized carbons (Fsp3) is 0.571. The van der Waals surface area contributed by atoms with Crippen molar-refractivity contribution in [2.24, 2.45) is 0 Å². The molecular formula is C21H28N4O2. The van der Waals surface area contributed by atoms with E-state index in [4.69, 9.17) is 4.74 Å². The predicted molar refractivity (Wildman–Crippen MR) is 104 cm³/mol. The first-order chi connectivity index (χ1) is 13.2. The van der Waals surface area contributed by atoms with Gasteiger partial charge in [-0.15, -0.1) is 0 Å². The van der Waals surface area contributed by atoms with Crippen molar-refractivity contribution < 1.29 is 9.53 Å². The van der Waals surface area contributed by atoms with Crippen molar-refractivity contribution in [2.75, 3.05) is 39.4 Å². The number of piperidine rings is 1. The van der Waals surface area contributed by atoms with Crippen LogP contribution < -0.4 is 5.32 Å². The summed E-state index contributed by atoms with van der Waals surface area (Å²) in [6.45, 7) is 6.00. The molecule has 2 N–H and O–H groups in total. The zero-order chi connectivity index (χ0) is 18.3. The van der Waals surface area contributed by atoms with Crippen molar-refractivity contribution in [3.63, 3.8) is 0 Å². The number of amides is 1. The first kappa shape index (κ1) is 17.2. The van der Waals surface area contributed by atoms with Gasteiger partial charge in [0.2, 0.25) is 5.91 Å². The van der Waals surface area contributed by atoms with Crippen molar-refractivity contribution in [1.29, 1.82) is 0 Å². The van der Waals surface area contributed by atoms with Crippen LogP contribution in [0.3, 0.4) is 0 Å². The lowest BCUT2D eigenvalue weighted by atomic mass is 9.89. The van der Waals surface area contributed by atoms with E-state index in [2.05, 4.69) is 44.4 Å². The molecule has 1 amide bonds. The molecule has 3 aliphatic rings. The molecule has 6 nitrogen and oxygen atoms in total. The van der Waals surface area contributed by atoms with E-state index in [-0.39, 0.29) is 11.4 Å². The van der Waals surface area contributed by atoms with Crippen LogP contribution in [0.4, 0.5) is 0 Å². The molecule has 27 heavy (non-hydrogen) atoms. The Hall–Kier alpha value is -1.89. The van der Waals surface area contributed by atoms with E-state index in [0.717, 1.165) is 58.7 Å². The largest absolute Gasteiger partial charge is 0.379 e. The number of aromatic amines is 1. The maximum atomic E-state index is 12.0. The van der Waals surface area contributed by atoms with Gasteiger partial charge in [0.05, 0.1) is 18.7 Å². The quantitative estimate of drug-likeness (QED) is 0.866. The van der Waals surface area contributed by atoms with Gasteiger partial charge < -0.3 is 15.0 Å². The summed E-state index contributed by atoms with van der Waals surface area (Å²) in [4.78, 5) is 20.4. The third-order valence-corrected chi connectivity index (χ3v) is 6.64. The standard InChI is InChI=1S/C21H28N4O2/c26-20-13-25(21(14-23-20)6-10-27-15-21)18-4-8-24(9-5-18)12-16-1-2-17-3-7-22-19(17)11-16/h1-3,7,11,18,22H,4-6,8-10,12-15H2,(H,23,26). The Morgan fingerprint density at radius 2 is 2.11 bits per heavy atom. The van der Waals surface area contributed by atoms with E-state index >= 15 is 0 Å². The van der Waals surface area contributed by atoms with Gasteiger partial charge in [-0.25, -0.2) is 0 Å². The highest BCUT2D eigenvalue weighted by Gasteiger charge is 2.47. The SMILES string of the molecule is O=C1CN(C2CCN(Cc3ccc4cc[nH]c4c3)CC2)C2(CCOC2)CN1. The Morgan fingerprint density at radius 3 is 2.93 bits per heavy atom. The van der Waals surface area contributed by atoms with Gasteiger partial charge in [0.1, 0.15) is 0 Å². The van der Waals surface area contributed by atoms with E-state index in [0.29, 0.717) is 12.6 Å². The maximum absolute atomic E-state index is 12.0. The summed E-state index contributed by atoms with van der Waals surface area (Å²) in [5.74, 6) is 0.161. The monoisotopic (exact) mass is 368 g/mol. The fourth-order valence-corrected chi connectivity index (χ4v) is 5.06. The zero-order valence-corrected chi connectivity index (χ0v) is 15.7. The lowest BCUT2D eigenvalue weighted by Crippen LogP contribution is -2.67. The molecule has 3 fully saturated rings. The lowest BCUT2D eigenvalue weighted by Gasteiger charge is -2.49. The number of rotatable bonds is 3. The number of aromatic nitrogens is 1. The Bertz CT molecular complexity index is 818. The Kier molecular flexibility index (Phi) is 4.42. The van der Waals surface area contributed by atoms with Crippen molar-refractivity contribution in [3.05, 3.63) is 36.0 Å². The average Bonchev–Trinajstić information content (AvgIpc) is 3.34. The number of H-pyrrole nitrogens is 1. The molecule has 144 valence electrons.